The minimum Gasteiger partial charge on any atom is -0.327 e. The third kappa shape index (κ3) is 4.13. The van der Waals surface area contributed by atoms with E-state index in [0.717, 1.165) is 16.6 Å². The molecule has 0 radical (unpaired) electrons. The molecule has 1 atom stereocenters. The Labute approximate surface area is 126 Å². The van der Waals surface area contributed by atoms with Crippen LogP contribution < -0.4 is 0 Å². The predicted molar refractivity (Wildman–Crippen MR) is 78.6 cm³/mol. The number of halogens is 4. The van der Waals surface area contributed by atoms with E-state index in [1.54, 1.807) is 0 Å². The van der Waals surface area contributed by atoms with Gasteiger partial charge in [-0.3, -0.25) is 0 Å². The third-order valence-electron chi connectivity index (χ3n) is 3.38. The molecule has 0 spiro atoms. The van der Waals surface area contributed by atoms with E-state index >= 15 is 0 Å². The van der Waals surface area contributed by atoms with Crippen LogP contribution >= 0.6 is 11.6 Å². The monoisotopic (exact) mass is 318 g/mol. The number of aryl methyl sites for hydroxylation is 2. The average molecular weight is 319 g/mol. The molecule has 0 saturated carbocycles. The van der Waals surface area contributed by atoms with Gasteiger partial charge >= 0.3 is 6.18 Å². The number of rotatable bonds is 5. The summed E-state index contributed by atoms with van der Waals surface area (Å²) in [5.74, 6) is 0.712. The van der Waals surface area contributed by atoms with E-state index in [0.29, 0.717) is 18.8 Å². The smallest absolute Gasteiger partial charge is 0.327 e. The molecular weight excluding hydrogens is 301 g/mol. The molecule has 0 bridgehead atoms. The normalized spacial score (nSPS) is 13.8. The van der Waals surface area contributed by atoms with Gasteiger partial charge in [-0.15, -0.1) is 11.6 Å². The van der Waals surface area contributed by atoms with Crippen LogP contribution in [0.25, 0.3) is 11.0 Å². The molecule has 1 aromatic heterocycles. The zero-order chi connectivity index (χ0) is 15.6. The highest BCUT2D eigenvalue weighted by Gasteiger charge is 2.26. The zero-order valence-corrected chi connectivity index (χ0v) is 12.8. The van der Waals surface area contributed by atoms with E-state index in [4.69, 9.17) is 11.6 Å². The maximum absolute atomic E-state index is 12.2. The topological polar surface area (TPSA) is 17.8 Å². The van der Waals surface area contributed by atoms with Crippen molar-refractivity contribution in [3.8, 4) is 0 Å². The molecule has 0 fully saturated rings. The third-order valence-corrected chi connectivity index (χ3v) is 3.58. The number of hydrogen-bond acceptors (Lipinski definition) is 1. The van der Waals surface area contributed by atoms with Crippen molar-refractivity contribution in [2.75, 3.05) is 0 Å². The first kappa shape index (κ1) is 16.1. The van der Waals surface area contributed by atoms with Gasteiger partial charge in [0.25, 0.3) is 0 Å². The molecule has 2 nitrogen and oxygen atoms in total. The van der Waals surface area contributed by atoms with Crippen molar-refractivity contribution < 1.29 is 13.2 Å². The van der Waals surface area contributed by atoms with Crippen LogP contribution in [0.1, 0.15) is 43.0 Å². The number of benzene rings is 1. The molecule has 6 heteroatoms. The van der Waals surface area contributed by atoms with Crippen LogP contribution in [0.3, 0.4) is 0 Å². The van der Waals surface area contributed by atoms with Gasteiger partial charge in [-0.2, -0.15) is 13.2 Å². The van der Waals surface area contributed by atoms with Crippen molar-refractivity contribution in [3.63, 3.8) is 0 Å². The van der Waals surface area contributed by atoms with Crippen LogP contribution in [0.4, 0.5) is 13.2 Å². The summed E-state index contributed by atoms with van der Waals surface area (Å²) in [5.41, 5.74) is 2.86. The van der Waals surface area contributed by atoms with Crippen LogP contribution in [0.15, 0.2) is 18.2 Å². The van der Waals surface area contributed by atoms with Gasteiger partial charge in [-0.1, -0.05) is 6.07 Å². The molecular formula is C15H18ClF3N2. The number of fused-ring (bicyclic) bond motifs is 1. The first-order valence-corrected chi connectivity index (χ1v) is 7.39. The van der Waals surface area contributed by atoms with E-state index < -0.39 is 12.6 Å². The fraction of sp³-hybridized carbons (Fsp3) is 0.533. The van der Waals surface area contributed by atoms with Gasteiger partial charge in [0.2, 0.25) is 0 Å². The molecule has 116 valence electrons. The summed E-state index contributed by atoms with van der Waals surface area (Å²) in [5, 5.41) is -0.277. The molecule has 0 N–H and O–H groups in total. The Bertz CT molecular complexity index is 617. The lowest BCUT2D eigenvalue weighted by molar-refractivity contribution is -0.135. The largest absolute Gasteiger partial charge is 0.389 e. The van der Waals surface area contributed by atoms with E-state index in [-0.39, 0.29) is 11.8 Å². The molecule has 0 saturated heterocycles. The average Bonchev–Trinajstić information content (AvgIpc) is 2.71. The summed E-state index contributed by atoms with van der Waals surface area (Å²) in [6, 6.07) is 5.88. The summed E-state index contributed by atoms with van der Waals surface area (Å²) in [4.78, 5) is 4.51. The Morgan fingerprint density at radius 3 is 2.62 bits per heavy atom. The molecule has 2 rings (SSSR count). The number of alkyl halides is 4. The van der Waals surface area contributed by atoms with Crippen LogP contribution in [0, 0.1) is 6.92 Å². The quantitative estimate of drug-likeness (QED) is 0.535. The van der Waals surface area contributed by atoms with Crippen LogP contribution in [-0.4, -0.2) is 15.7 Å². The molecule has 2 aromatic rings. The summed E-state index contributed by atoms with van der Waals surface area (Å²) < 4.78 is 38.5. The first-order valence-electron chi connectivity index (χ1n) is 6.95. The Hall–Kier alpha value is -1.23. The van der Waals surface area contributed by atoms with Crippen molar-refractivity contribution in [1.29, 1.82) is 0 Å². The van der Waals surface area contributed by atoms with Crippen LogP contribution in [0.5, 0.6) is 0 Å². The van der Waals surface area contributed by atoms with E-state index in [1.807, 2.05) is 36.6 Å². The van der Waals surface area contributed by atoms with E-state index in [2.05, 4.69) is 4.98 Å². The van der Waals surface area contributed by atoms with Gasteiger partial charge in [0.15, 0.2) is 0 Å². The fourth-order valence-electron chi connectivity index (χ4n) is 2.39. The molecule has 1 aromatic carbocycles. The lowest BCUT2D eigenvalue weighted by Gasteiger charge is -2.11. The van der Waals surface area contributed by atoms with Crippen molar-refractivity contribution in [3.05, 3.63) is 29.6 Å². The molecule has 0 amide bonds. The van der Waals surface area contributed by atoms with E-state index in [1.165, 1.54) is 0 Å². The van der Waals surface area contributed by atoms with Gasteiger partial charge < -0.3 is 4.57 Å². The molecule has 0 aliphatic heterocycles. The predicted octanol–water partition coefficient (Wildman–Crippen LogP) is 5.38. The maximum atomic E-state index is 12.2. The Balaban J connectivity index is 2.19. The van der Waals surface area contributed by atoms with Gasteiger partial charge in [0.1, 0.15) is 5.82 Å². The molecule has 1 heterocycles. The van der Waals surface area contributed by atoms with Crippen LogP contribution in [-0.2, 0) is 6.54 Å². The lowest BCUT2D eigenvalue weighted by Crippen LogP contribution is -2.09. The second-order valence-electron chi connectivity index (χ2n) is 5.30. The Morgan fingerprint density at radius 2 is 2.00 bits per heavy atom. The van der Waals surface area contributed by atoms with Crippen molar-refractivity contribution >= 4 is 22.6 Å². The second-order valence-corrected chi connectivity index (χ2v) is 5.96. The fourth-order valence-corrected chi connectivity index (χ4v) is 2.56. The van der Waals surface area contributed by atoms with E-state index in [9.17, 15) is 13.2 Å². The van der Waals surface area contributed by atoms with Gasteiger partial charge in [0.05, 0.1) is 16.4 Å². The lowest BCUT2D eigenvalue weighted by atomic mass is 10.2. The SMILES string of the molecule is Cc1ccc2c(c1)nc(C(C)Cl)n2CCCCC(F)(F)F. The summed E-state index contributed by atoms with van der Waals surface area (Å²) in [6.45, 7) is 4.30. The number of aromatic nitrogens is 2. The first-order chi connectivity index (χ1) is 9.78. The number of nitrogens with zero attached hydrogens (tertiary/aromatic N) is 2. The maximum Gasteiger partial charge on any atom is 0.389 e. The van der Waals surface area contributed by atoms with Gasteiger partial charge in [0, 0.05) is 13.0 Å². The molecule has 21 heavy (non-hydrogen) atoms. The van der Waals surface area contributed by atoms with Crippen molar-refractivity contribution in [2.24, 2.45) is 0 Å². The number of unbranched alkanes of at least 4 members (excludes halogenated alkanes) is 1. The van der Waals surface area contributed by atoms with Crippen LogP contribution in [0.2, 0.25) is 0 Å². The summed E-state index contributed by atoms with van der Waals surface area (Å²) in [7, 11) is 0. The van der Waals surface area contributed by atoms with Crippen molar-refractivity contribution in [1.82, 2.24) is 9.55 Å². The van der Waals surface area contributed by atoms with Gasteiger partial charge in [-0.05, 0) is 44.4 Å². The molecule has 0 aliphatic carbocycles. The Morgan fingerprint density at radius 1 is 1.29 bits per heavy atom. The highest BCUT2D eigenvalue weighted by molar-refractivity contribution is 6.20. The zero-order valence-electron chi connectivity index (χ0n) is 12.0. The number of hydrogen-bond donors (Lipinski definition) is 0. The minimum absolute atomic E-state index is 0.116. The minimum atomic E-state index is -4.09. The number of imidazole rings is 1. The summed E-state index contributed by atoms with van der Waals surface area (Å²) >= 11 is 6.14. The Kier molecular flexibility index (Phi) is 4.81. The van der Waals surface area contributed by atoms with Crippen molar-refractivity contribution in [2.45, 2.75) is 51.2 Å². The molecule has 1 unspecified atom stereocenters. The van der Waals surface area contributed by atoms with Gasteiger partial charge in [-0.25, -0.2) is 4.98 Å². The highest BCUT2D eigenvalue weighted by atomic mass is 35.5. The molecule has 0 aliphatic rings. The second kappa shape index (κ2) is 6.26. The summed E-state index contributed by atoms with van der Waals surface area (Å²) in [6.07, 6.45) is -4.26. The highest BCUT2D eigenvalue weighted by Crippen LogP contribution is 2.27. The standard InChI is InChI=1S/C15H18ClF3N2/c1-10-5-6-13-12(9-10)20-14(11(2)16)21(13)8-4-3-7-15(17,18)19/h5-6,9,11H,3-4,7-8H2,1-2H3.